The highest BCUT2D eigenvalue weighted by molar-refractivity contribution is 6.31. The van der Waals surface area contributed by atoms with Gasteiger partial charge in [0.05, 0.1) is 12.7 Å². The van der Waals surface area contributed by atoms with E-state index in [1.807, 2.05) is 0 Å². The average Bonchev–Trinajstić information content (AvgIpc) is 2.89. The second-order valence-electron chi connectivity index (χ2n) is 4.28. The number of H-pyrrole nitrogens is 1. The summed E-state index contributed by atoms with van der Waals surface area (Å²) in [6, 6.07) is 7.04. The second kappa shape index (κ2) is 5.41. The Morgan fingerprint density at radius 1 is 1.24 bits per heavy atom. The Labute approximate surface area is 126 Å². The molecular formula is C14H12ClN5O. The fourth-order valence-electron chi connectivity index (χ4n) is 2.09. The fraction of sp³-hybridized carbons (Fsp3) is 0.0714. The molecule has 3 N–H and O–H groups in total. The molecule has 0 aliphatic rings. The van der Waals surface area contributed by atoms with Gasteiger partial charge in [-0.05, 0) is 24.3 Å². The Hall–Kier alpha value is -2.60. The smallest absolute Gasteiger partial charge is 0.178 e. The summed E-state index contributed by atoms with van der Waals surface area (Å²) in [6.45, 7) is 0. The summed E-state index contributed by atoms with van der Waals surface area (Å²) in [7, 11) is 1.59. The van der Waals surface area contributed by atoms with Gasteiger partial charge in [0.15, 0.2) is 11.6 Å². The minimum absolute atomic E-state index is 0.331. The van der Waals surface area contributed by atoms with Crippen LogP contribution in [0.5, 0.6) is 5.75 Å². The van der Waals surface area contributed by atoms with Gasteiger partial charge in [0.2, 0.25) is 0 Å². The number of aromatic nitrogens is 4. The molecule has 0 saturated heterocycles. The molecule has 0 radical (unpaired) electrons. The number of nitrogens with one attached hydrogen (secondary N) is 1. The number of rotatable bonds is 3. The van der Waals surface area contributed by atoms with Crippen molar-refractivity contribution in [3.63, 3.8) is 0 Å². The highest BCUT2D eigenvalue weighted by Gasteiger charge is 2.20. The number of nitrogen functional groups attached to an aromatic ring is 1. The summed E-state index contributed by atoms with van der Waals surface area (Å²) >= 11 is 6.08. The van der Waals surface area contributed by atoms with E-state index in [1.165, 1.54) is 0 Å². The maximum Gasteiger partial charge on any atom is 0.178 e. The van der Waals surface area contributed by atoms with Crippen LogP contribution in [-0.2, 0) is 0 Å². The van der Waals surface area contributed by atoms with E-state index in [4.69, 9.17) is 22.1 Å². The van der Waals surface area contributed by atoms with Gasteiger partial charge < -0.3 is 10.5 Å². The van der Waals surface area contributed by atoms with Crippen LogP contribution in [0.4, 0.5) is 5.82 Å². The zero-order valence-electron chi connectivity index (χ0n) is 11.2. The van der Waals surface area contributed by atoms with Crippen LogP contribution in [0.2, 0.25) is 5.02 Å². The maximum atomic E-state index is 6.08. The van der Waals surface area contributed by atoms with Crippen LogP contribution < -0.4 is 10.5 Å². The van der Waals surface area contributed by atoms with E-state index in [9.17, 15) is 0 Å². The molecule has 7 heteroatoms. The molecule has 0 spiro atoms. The molecule has 2 heterocycles. The number of aromatic amines is 1. The van der Waals surface area contributed by atoms with Crippen LogP contribution in [0.25, 0.3) is 22.6 Å². The first-order chi connectivity index (χ1) is 10.2. The molecule has 2 aromatic heterocycles. The molecule has 1 aromatic carbocycles. The van der Waals surface area contributed by atoms with Crippen LogP contribution in [0.1, 0.15) is 0 Å². The summed E-state index contributed by atoms with van der Waals surface area (Å²) in [6.07, 6.45) is 3.30. The Morgan fingerprint density at radius 2 is 2.00 bits per heavy atom. The molecule has 0 aliphatic carbocycles. The number of benzene rings is 1. The summed E-state index contributed by atoms with van der Waals surface area (Å²) in [4.78, 5) is 8.43. The van der Waals surface area contributed by atoms with E-state index in [0.29, 0.717) is 33.7 Å². The lowest BCUT2D eigenvalue weighted by Crippen LogP contribution is -1.94. The zero-order chi connectivity index (χ0) is 14.8. The molecule has 0 fully saturated rings. The number of hydrogen-bond acceptors (Lipinski definition) is 5. The van der Waals surface area contributed by atoms with Crippen LogP contribution in [0, 0.1) is 0 Å². The highest BCUT2D eigenvalue weighted by Crippen LogP contribution is 2.39. The number of ether oxygens (including phenoxy) is 1. The van der Waals surface area contributed by atoms with Crippen LogP contribution in [-0.4, -0.2) is 27.3 Å². The Balaban J connectivity index is 2.24. The molecule has 106 valence electrons. The summed E-state index contributed by atoms with van der Waals surface area (Å²) in [5.41, 5.74) is 8.01. The molecule has 0 atom stereocenters. The third-order valence-electron chi connectivity index (χ3n) is 3.01. The molecule has 21 heavy (non-hydrogen) atoms. The SMILES string of the molecule is COc1ccc(Cl)cc1-c1c(N)n[nH]c1-c1ncccn1. The van der Waals surface area contributed by atoms with Gasteiger partial charge in [-0.3, -0.25) is 5.10 Å². The van der Waals surface area contributed by atoms with Gasteiger partial charge in [-0.15, -0.1) is 0 Å². The van der Waals surface area contributed by atoms with E-state index >= 15 is 0 Å². The first kappa shape index (κ1) is 13.4. The van der Waals surface area contributed by atoms with Gasteiger partial charge in [-0.25, -0.2) is 9.97 Å². The van der Waals surface area contributed by atoms with Crippen LogP contribution >= 0.6 is 11.6 Å². The number of methoxy groups -OCH3 is 1. The van der Waals surface area contributed by atoms with E-state index in [-0.39, 0.29) is 0 Å². The van der Waals surface area contributed by atoms with Crippen molar-refractivity contribution in [1.29, 1.82) is 0 Å². The van der Waals surface area contributed by atoms with Crippen LogP contribution in [0.15, 0.2) is 36.7 Å². The predicted octanol–water partition coefficient (Wildman–Crippen LogP) is 2.78. The van der Waals surface area contributed by atoms with Gasteiger partial charge in [0, 0.05) is 23.0 Å². The van der Waals surface area contributed by atoms with E-state index in [2.05, 4.69) is 20.2 Å². The van der Waals surface area contributed by atoms with Gasteiger partial charge in [0.1, 0.15) is 11.4 Å². The lowest BCUT2D eigenvalue weighted by Gasteiger charge is -2.09. The fourth-order valence-corrected chi connectivity index (χ4v) is 2.27. The third kappa shape index (κ3) is 2.41. The first-order valence-corrected chi connectivity index (χ1v) is 6.53. The minimum atomic E-state index is 0.331. The summed E-state index contributed by atoms with van der Waals surface area (Å²) in [5, 5.41) is 7.48. The lowest BCUT2D eigenvalue weighted by atomic mass is 10.0. The van der Waals surface area contributed by atoms with Gasteiger partial charge in [-0.2, -0.15) is 5.10 Å². The molecule has 3 rings (SSSR count). The topological polar surface area (TPSA) is 89.7 Å². The Kier molecular flexibility index (Phi) is 3.45. The number of halogens is 1. The van der Waals surface area contributed by atoms with Crippen molar-refractivity contribution in [1.82, 2.24) is 20.2 Å². The maximum absolute atomic E-state index is 6.08. The zero-order valence-corrected chi connectivity index (χ0v) is 11.9. The molecule has 0 bridgehead atoms. The van der Waals surface area contributed by atoms with Crippen molar-refractivity contribution in [3.8, 4) is 28.4 Å². The average molecular weight is 302 g/mol. The minimum Gasteiger partial charge on any atom is -0.496 e. The van der Waals surface area contributed by atoms with E-state index < -0.39 is 0 Å². The number of hydrogen-bond donors (Lipinski definition) is 2. The van der Waals surface area contributed by atoms with Gasteiger partial charge in [0.25, 0.3) is 0 Å². The van der Waals surface area contributed by atoms with E-state index in [0.717, 1.165) is 5.56 Å². The molecular weight excluding hydrogens is 290 g/mol. The number of nitrogens with two attached hydrogens (primary N) is 1. The van der Waals surface area contributed by atoms with Crippen molar-refractivity contribution in [2.45, 2.75) is 0 Å². The number of nitrogens with zero attached hydrogens (tertiary/aromatic N) is 3. The molecule has 3 aromatic rings. The predicted molar refractivity (Wildman–Crippen MR) is 81.0 cm³/mol. The monoisotopic (exact) mass is 301 g/mol. The van der Waals surface area contributed by atoms with E-state index in [1.54, 1.807) is 43.8 Å². The number of anilines is 1. The Bertz CT molecular complexity index is 772. The van der Waals surface area contributed by atoms with Crippen molar-refractivity contribution >= 4 is 17.4 Å². The summed E-state index contributed by atoms with van der Waals surface area (Å²) in [5.74, 6) is 1.47. The standard InChI is InChI=1S/C14H12ClN5O/c1-21-10-4-3-8(15)7-9(10)11-12(19-20-13(11)16)14-17-5-2-6-18-14/h2-7H,1H3,(H3,16,19,20). The molecule has 6 nitrogen and oxygen atoms in total. The first-order valence-electron chi connectivity index (χ1n) is 6.16. The molecule has 0 unspecified atom stereocenters. The second-order valence-corrected chi connectivity index (χ2v) is 4.71. The quantitative estimate of drug-likeness (QED) is 0.776. The highest BCUT2D eigenvalue weighted by atomic mass is 35.5. The normalized spacial score (nSPS) is 10.6. The Morgan fingerprint density at radius 3 is 2.71 bits per heavy atom. The third-order valence-corrected chi connectivity index (χ3v) is 3.25. The largest absolute Gasteiger partial charge is 0.496 e. The molecule has 0 amide bonds. The lowest BCUT2D eigenvalue weighted by molar-refractivity contribution is 0.416. The van der Waals surface area contributed by atoms with Crippen LogP contribution in [0.3, 0.4) is 0 Å². The van der Waals surface area contributed by atoms with Gasteiger partial charge >= 0.3 is 0 Å². The van der Waals surface area contributed by atoms with Crippen molar-refractivity contribution < 1.29 is 4.74 Å². The van der Waals surface area contributed by atoms with Crippen molar-refractivity contribution in [3.05, 3.63) is 41.7 Å². The van der Waals surface area contributed by atoms with Crippen molar-refractivity contribution in [2.24, 2.45) is 0 Å². The van der Waals surface area contributed by atoms with Gasteiger partial charge in [-0.1, -0.05) is 11.6 Å². The molecule has 0 aliphatic heterocycles. The van der Waals surface area contributed by atoms with Crippen molar-refractivity contribution in [2.75, 3.05) is 12.8 Å². The summed E-state index contributed by atoms with van der Waals surface area (Å²) < 4.78 is 5.37. The molecule has 0 saturated carbocycles.